The van der Waals surface area contributed by atoms with Crippen LogP contribution in [-0.2, 0) is 6.42 Å². The summed E-state index contributed by atoms with van der Waals surface area (Å²) in [6, 6.07) is 8.61. The molecule has 0 bridgehead atoms. The van der Waals surface area contributed by atoms with Gasteiger partial charge in [0.25, 0.3) is 0 Å². The smallest absolute Gasteiger partial charge is 0.0595 e. The minimum Gasteiger partial charge on any atom is -0.329 e. The van der Waals surface area contributed by atoms with Crippen LogP contribution in [0.1, 0.15) is 35.0 Å². The Morgan fingerprint density at radius 2 is 2.14 bits per heavy atom. The van der Waals surface area contributed by atoms with Crippen LogP contribution >= 0.6 is 34.5 Å². The van der Waals surface area contributed by atoms with Crippen LogP contribution in [0.5, 0.6) is 0 Å². The lowest BCUT2D eigenvalue weighted by Gasteiger charge is -2.39. The first-order chi connectivity index (χ1) is 10.1. The third-order valence-corrected chi connectivity index (χ3v) is 6.01. The molecular weight excluding hydrogens is 323 g/mol. The topological polar surface area (TPSA) is 29.3 Å². The maximum absolute atomic E-state index is 6.16. The monoisotopic (exact) mass is 340 g/mol. The van der Waals surface area contributed by atoms with Crippen LogP contribution in [0.3, 0.4) is 0 Å². The highest BCUT2D eigenvalue weighted by molar-refractivity contribution is 7.10. The molecule has 1 aliphatic heterocycles. The molecule has 2 N–H and O–H groups in total. The molecule has 0 spiro atoms. The van der Waals surface area contributed by atoms with E-state index in [4.69, 9.17) is 28.9 Å². The zero-order valence-electron chi connectivity index (χ0n) is 11.9. The largest absolute Gasteiger partial charge is 0.329 e. The number of halogens is 2. The lowest BCUT2D eigenvalue weighted by molar-refractivity contribution is 0.139. The maximum atomic E-state index is 6.16. The molecule has 2 nitrogen and oxygen atoms in total. The molecule has 112 valence electrons. The Balaban J connectivity index is 1.92. The van der Waals surface area contributed by atoms with Crippen LogP contribution < -0.4 is 5.73 Å². The SMILES string of the molecule is CC1c2ccsc2CCN1C(CN)c1ccc(Cl)c(Cl)c1. The zero-order chi connectivity index (χ0) is 15.0. The summed E-state index contributed by atoms with van der Waals surface area (Å²) >= 11 is 14.0. The Bertz CT molecular complexity index is 641. The van der Waals surface area contributed by atoms with Crippen LogP contribution in [0.2, 0.25) is 10.0 Å². The fourth-order valence-electron chi connectivity index (χ4n) is 3.14. The van der Waals surface area contributed by atoms with Gasteiger partial charge in [0, 0.05) is 30.1 Å². The van der Waals surface area contributed by atoms with Gasteiger partial charge in [-0.15, -0.1) is 11.3 Å². The zero-order valence-corrected chi connectivity index (χ0v) is 14.2. The number of nitrogens with zero attached hydrogens (tertiary/aromatic N) is 1. The van der Waals surface area contributed by atoms with E-state index in [0.29, 0.717) is 22.6 Å². The number of hydrogen-bond donors (Lipinski definition) is 1. The Morgan fingerprint density at radius 3 is 2.86 bits per heavy atom. The van der Waals surface area contributed by atoms with Crippen LogP contribution in [-0.4, -0.2) is 18.0 Å². The van der Waals surface area contributed by atoms with Gasteiger partial charge in [-0.2, -0.15) is 0 Å². The summed E-state index contributed by atoms with van der Waals surface area (Å²) in [7, 11) is 0. The molecule has 21 heavy (non-hydrogen) atoms. The molecule has 1 aromatic carbocycles. The van der Waals surface area contributed by atoms with Crippen LogP contribution in [0, 0.1) is 0 Å². The molecule has 2 atom stereocenters. The Hall–Kier alpha value is -0.580. The molecule has 1 aliphatic rings. The summed E-state index contributed by atoms with van der Waals surface area (Å²) in [6.45, 7) is 3.85. The van der Waals surface area contributed by atoms with Gasteiger partial charge in [-0.3, -0.25) is 4.90 Å². The first-order valence-electron chi connectivity index (χ1n) is 7.09. The summed E-state index contributed by atoms with van der Waals surface area (Å²) in [5.74, 6) is 0. The summed E-state index contributed by atoms with van der Waals surface area (Å²) in [5.41, 5.74) is 8.64. The number of thiophene rings is 1. The highest BCUT2D eigenvalue weighted by Crippen LogP contribution is 2.38. The van der Waals surface area contributed by atoms with Crippen molar-refractivity contribution in [3.8, 4) is 0 Å². The molecule has 0 fully saturated rings. The van der Waals surface area contributed by atoms with E-state index in [9.17, 15) is 0 Å². The highest BCUT2D eigenvalue weighted by Gasteiger charge is 2.30. The first-order valence-corrected chi connectivity index (χ1v) is 8.72. The van der Waals surface area contributed by atoms with Crippen molar-refractivity contribution >= 4 is 34.5 Å². The summed E-state index contributed by atoms with van der Waals surface area (Å²) in [5, 5.41) is 3.36. The van der Waals surface area contributed by atoms with E-state index in [2.05, 4.69) is 23.3 Å². The minimum absolute atomic E-state index is 0.169. The van der Waals surface area contributed by atoms with Crippen molar-refractivity contribution in [2.24, 2.45) is 5.73 Å². The van der Waals surface area contributed by atoms with Gasteiger partial charge in [0.05, 0.1) is 10.0 Å². The second kappa shape index (κ2) is 6.27. The molecule has 0 saturated heterocycles. The Kier molecular flexibility index (Phi) is 4.57. The number of fused-ring (bicyclic) bond motifs is 1. The third-order valence-electron chi connectivity index (χ3n) is 4.28. The number of nitrogens with two attached hydrogens (primary N) is 1. The average Bonchev–Trinajstić information content (AvgIpc) is 2.95. The molecule has 0 aliphatic carbocycles. The molecule has 5 heteroatoms. The Morgan fingerprint density at radius 1 is 1.33 bits per heavy atom. The summed E-state index contributed by atoms with van der Waals surface area (Å²) < 4.78 is 0. The standard InChI is InChI=1S/C16H18Cl2N2S/c1-10-12-5-7-21-16(12)4-6-20(10)15(9-19)11-2-3-13(17)14(18)8-11/h2-3,5,7-8,10,15H,4,6,9,19H2,1H3. The molecule has 0 radical (unpaired) electrons. The fourth-order valence-corrected chi connectivity index (χ4v) is 4.41. The van der Waals surface area contributed by atoms with Crippen molar-refractivity contribution < 1.29 is 0 Å². The predicted octanol–water partition coefficient (Wildman–Crippen LogP) is 4.67. The number of benzene rings is 1. The fraction of sp³-hybridized carbons (Fsp3) is 0.375. The quantitative estimate of drug-likeness (QED) is 0.879. The number of rotatable bonds is 3. The van der Waals surface area contributed by atoms with Crippen molar-refractivity contribution in [1.82, 2.24) is 4.90 Å². The van der Waals surface area contributed by atoms with Gasteiger partial charge in [0.15, 0.2) is 0 Å². The Labute approximate surface area is 139 Å². The molecule has 2 unspecified atom stereocenters. The maximum Gasteiger partial charge on any atom is 0.0595 e. The number of hydrogen-bond acceptors (Lipinski definition) is 3. The normalized spacial score (nSPS) is 20.3. The van der Waals surface area contributed by atoms with Crippen molar-refractivity contribution in [2.45, 2.75) is 25.4 Å². The van der Waals surface area contributed by atoms with Gasteiger partial charge in [-0.05, 0) is 48.1 Å². The lowest BCUT2D eigenvalue weighted by Crippen LogP contribution is -2.39. The summed E-state index contributed by atoms with van der Waals surface area (Å²) in [4.78, 5) is 3.97. The third kappa shape index (κ3) is 2.86. The van der Waals surface area contributed by atoms with Gasteiger partial charge in [-0.1, -0.05) is 29.3 Å². The van der Waals surface area contributed by atoms with Gasteiger partial charge < -0.3 is 5.73 Å². The second-order valence-electron chi connectivity index (χ2n) is 5.39. The predicted molar refractivity (Wildman–Crippen MR) is 91.4 cm³/mol. The van der Waals surface area contributed by atoms with Gasteiger partial charge in [0.2, 0.25) is 0 Å². The van der Waals surface area contributed by atoms with E-state index < -0.39 is 0 Å². The summed E-state index contributed by atoms with van der Waals surface area (Å²) in [6.07, 6.45) is 1.09. The molecule has 0 saturated carbocycles. The van der Waals surface area contributed by atoms with E-state index in [1.807, 2.05) is 29.5 Å². The van der Waals surface area contributed by atoms with Crippen LogP contribution in [0.15, 0.2) is 29.6 Å². The van der Waals surface area contributed by atoms with Crippen molar-refractivity contribution in [1.29, 1.82) is 0 Å². The van der Waals surface area contributed by atoms with Crippen molar-refractivity contribution in [2.75, 3.05) is 13.1 Å². The molecule has 1 aromatic heterocycles. The van der Waals surface area contributed by atoms with Crippen LogP contribution in [0.4, 0.5) is 0 Å². The van der Waals surface area contributed by atoms with Crippen LogP contribution in [0.25, 0.3) is 0 Å². The van der Waals surface area contributed by atoms with Gasteiger partial charge >= 0.3 is 0 Å². The molecule has 2 aromatic rings. The van der Waals surface area contributed by atoms with E-state index in [-0.39, 0.29) is 6.04 Å². The van der Waals surface area contributed by atoms with E-state index in [1.165, 1.54) is 10.4 Å². The van der Waals surface area contributed by atoms with E-state index in [1.54, 1.807) is 0 Å². The van der Waals surface area contributed by atoms with Crippen molar-refractivity contribution in [3.63, 3.8) is 0 Å². The van der Waals surface area contributed by atoms with E-state index in [0.717, 1.165) is 18.5 Å². The minimum atomic E-state index is 0.169. The molecule has 3 rings (SSSR count). The lowest BCUT2D eigenvalue weighted by atomic mass is 9.96. The first kappa shape index (κ1) is 15.3. The van der Waals surface area contributed by atoms with Gasteiger partial charge in [0.1, 0.15) is 0 Å². The molecule has 2 heterocycles. The highest BCUT2D eigenvalue weighted by atomic mass is 35.5. The molecular formula is C16H18Cl2N2S. The average molecular weight is 341 g/mol. The van der Waals surface area contributed by atoms with Crippen molar-refractivity contribution in [3.05, 3.63) is 55.7 Å². The van der Waals surface area contributed by atoms with E-state index >= 15 is 0 Å². The second-order valence-corrected chi connectivity index (χ2v) is 7.20. The van der Waals surface area contributed by atoms with Gasteiger partial charge in [-0.25, -0.2) is 0 Å². The molecule has 0 amide bonds.